The van der Waals surface area contributed by atoms with Crippen molar-refractivity contribution in [2.45, 2.75) is 50.3 Å². The Morgan fingerprint density at radius 1 is 1.19 bits per heavy atom. The Labute approximate surface area is 219 Å². The fourth-order valence-corrected chi connectivity index (χ4v) is 4.23. The molecule has 2 aromatic rings. The molecule has 1 aromatic heterocycles. The fraction of sp³-hybridized carbons (Fsp3) is 0.423. The van der Waals surface area contributed by atoms with Gasteiger partial charge in [-0.25, -0.2) is 9.78 Å². The average molecular weight is 531 g/mol. The summed E-state index contributed by atoms with van der Waals surface area (Å²) in [4.78, 5) is 55.8. The standard InChI is InChI=1S/C26H30N2O8S/c1-14(2)24(31)36-22-15(3)35-26(33)18(28-23(30)20-21(29)19(37-4)10-11-27-20)13-34-25(32)17(22)12-16-8-6-5-7-9-16/h5-11,14-15,17-18,22,29H,12-13H2,1-4H3,(H,28,30)/t15-,17+,18?,22?/m0/s1. The molecule has 1 aliphatic rings. The van der Waals surface area contributed by atoms with Gasteiger partial charge in [0.2, 0.25) is 0 Å². The van der Waals surface area contributed by atoms with Gasteiger partial charge in [-0.3, -0.25) is 14.4 Å². The Kier molecular flexibility index (Phi) is 9.51. The third kappa shape index (κ3) is 7.00. The first kappa shape index (κ1) is 28.0. The number of carbonyl (C=O) groups excluding carboxylic acids is 4. The van der Waals surface area contributed by atoms with E-state index < -0.39 is 60.5 Å². The smallest absolute Gasteiger partial charge is 0.332 e. The molecule has 1 fully saturated rings. The maximum atomic E-state index is 13.2. The number of esters is 3. The van der Waals surface area contributed by atoms with Crippen LogP contribution in [-0.4, -0.2) is 65.0 Å². The lowest BCUT2D eigenvalue weighted by molar-refractivity contribution is -0.176. The summed E-state index contributed by atoms with van der Waals surface area (Å²) in [6, 6.07) is 9.27. The minimum atomic E-state index is -1.38. The van der Waals surface area contributed by atoms with E-state index in [-0.39, 0.29) is 17.9 Å². The molecular formula is C26H30N2O8S. The molecule has 0 bridgehead atoms. The zero-order valence-corrected chi connectivity index (χ0v) is 21.8. The Bertz CT molecular complexity index is 1140. The van der Waals surface area contributed by atoms with Crippen molar-refractivity contribution in [2.75, 3.05) is 12.9 Å². The molecular weight excluding hydrogens is 500 g/mol. The number of hydrogen-bond donors (Lipinski definition) is 2. The van der Waals surface area contributed by atoms with Crippen LogP contribution in [0, 0.1) is 11.8 Å². The number of carbonyl (C=O) groups is 4. The highest BCUT2D eigenvalue weighted by atomic mass is 32.2. The molecule has 1 aromatic carbocycles. The number of benzene rings is 1. The van der Waals surface area contributed by atoms with Crippen LogP contribution in [0.3, 0.4) is 0 Å². The van der Waals surface area contributed by atoms with Crippen LogP contribution in [0.2, 0.25) is 0 Å². The quantitative estimate of drug-likeness (QED) is 0.312. The molecule has 1 aliphatic heterocycles. The molecule has 2 N–H and O–H groups in total. The maximum Gasteiger partial charge on any atom is 0.332 e. The number of aromatic hydroxyl groups is 1. The second kappa shape index (κ2) is 12.6. The topological polar surface area (TPSA) is 141 Å². The van der Waals surface area contributed by atoms with Crippen LogP contribution in [-0.2, 0) is 35.0 Å². The summed E-state index contributed by atoms with van der Waals surface area (Å²) in [5.41, 5.74) is 0.512. The van der Waals surface area contributed by atoms with Crippen molar-refractivity contribution in [1.29, 1.82) is 0 Å². The zero-order valence-electron chi connectivity index (χ0n) is 21.0. The number of cyclic esters (lactones) is 2. The van der Waals surface area contributed by atoms with Crippen molar-refractivity contribution in [3.05, 3.63) is 53.9 Å². The largest absolute Gasteiger partial charge is 0.504 e. The van der Waals surface area contributed by atoms with Gasteiger partial charge in [0.1, 0.15) is 18.6 Å². The third-order valence-electron chi connectivity index (χ3n) is 5.79. The summed E-state index contributed by atoms with van der Waals surface area (Å²) < 4.78 is 16.6. The van der Waals surface area contributed by atoms with Gasteiger partial charge in [-0.1, -0.05) is 44.2 Å². The van der Waals surface area contributed by atoms with Crippen molar-refractivity contribution < 1.29 is 38.5 Å². The lowest BCUT2D eigenvalue weighted by Gasteiger charge is -2.29. The van der Waals surface area contributed by atoms with E-state index in [9.17, 15) is 24.3 Å². The monoisotopic (exact) mass is 530 g/mol. The van der Waals surface area contributed by atoms with E-state index in [1.165, 1.54) is 24.9 Å². The van der Waals surface area contributed by atoms with E-state index in [4.69, 9.17) is 14.2 Å². The molecule has 0 aliphatic carbocycles. The van der Waals surface area contributed by atoms with Gasteiger partial charge in [-0.15, -0.1) is 11.8 Å². The number of hydrogen-bond acceptors (Lipinski definition) is 10. The van der Waals surface area contributed by atoms with Crippen LogP contribution < -0.4 is 5.32 Å². The molecule has 37 heavy (non-hydrogen) atoms. The molecule has 1 saturated heterocycles. The summed E-state index contributed by atoms with van der Waals surface area (Å²) in [5.74, 6) is -4.78. The van der Waals surface area contributed by atoms with E-state index in [0.717, 1.165) is 5.56 Å². The second-order valence-electron chi connectivity index (χ2n) is 8.86. The number of pyridine rings is 1. The highest BCUT2D eigenvalue weighted by Crippen LogP contribution is 2.29. The summed E-state index contributed by atoms with van der Waals surface area (Å²) in [6.45, 7) is 4.30. The number of thioether (sulfide) groups is 1. The molecule has 0 radical (unpaired) electrons. The van der Waals surface area contributed by atoms with E-state index >= 15 is 0 Å². The molecule has 2 unspecified atom stereocenters. The Morgan fingerprint density at radius 2 is 1.89 bits per heavy atom. The highest BCUT2D eigenvalue weighted by molar-refractivity contribution is 7.98. The van der Waals surface area contributed by atoms with Gasteiger partial charge >= 0.3 is 17.9 Å². The van der Waals surface area contributed by atoms with Gasteiger partial charge in [-0.2, -0.15) is 0 Å². The van der Waals surface area contributed by atoms with Crippen molar-refractivity contribution in [1.82, 2.24) is 10.3 Å². The molecule has 4 atom stereocenters. The SMILES string of the molecule is CSc1ccnc(C(=O)NC2COC(=O)[C@H](Cc3ccccc3)C(OC(=O)C(C)C)[C@H](C)OC2=O)c1O. The van der Waals surface area contributed by atoms with E-state index in [2.05, 4.69) is 10.3 Å². The molecule has 2 heterocycles. The third-order valence-corrected chi connectivity index (χ3v) is 6.56. The molecule has 10 nitrogen and oxygen atoms in total. The average Bonchev–Trinajstić information content (AvgIpc) is 2.91. The molecule has 198 valence electrons. The molecule has 3 rings (SSSR count). The Morgan fingerprint density at radius 3 is 2.54 bits per heavy atom. The molecule has 1 amide bonds. The molecule has 0 spiro atoms. The highest BCUT2D eigenvalue weighted by Gasteiger charge is 2.42. The number of aromatic nitrogens is 1. The Balaban J connectivity index is 1.87. The van der Waals surface area contributed by atoms with Gasteiger partial charge < -0.3 is 24.6 Å². The van der Waals surface area contributed by atoms with Crippen molar-refractivity contribution in [2.24, 2.45) is 11.8 Å². The summed E-state index contributed by atoms with van der Waals surface area (Å²) in [6.07, 6.45) is 1.10. The summed E-state index contributed by atoms with van der Waals surface area (Å²) in [5, 5.41) is 12.8. The minimum absolute atomic E-state index is 0.175. The number of ether oxygens (including phenoxy) is 3. The molecule has 11 heteroatoms. The second-order valence-corrected chi connectivity index (χ2v) is 9.71. The normalized spacial score (nSPS) is 22.2. The van der Waals surface area contributed by atoms with Crippen LogP contribution in [0.5, 0.6) is 5.75 Å². The summed E-state index contributed by atoms with van der Waals surface area (Å²) >= 11 is 1.22. The van der Waals surface area contributed by atoms with E-state index in [0.29, 0.717) is 4.90 Å². The van der Waals surface area contributed by atoms with Crippen LogP contribution in [0.1, 0.15) is 36.8 Å². The van der Waals surface area contributed by atoms with Gasteiger partial charge in [-0.05, 0) is 31.2 Å². The first-order valence-corrected chi connectivity index (χ1v) is 13.0. The van der Waals surface area contributed by atoms with Crippen molar-refractivity contribution in [3.8, 4) is 5.75 Å². The van der Waals surface area contributed by atoms with Crippen molar-refractivity contribution in [3.63, 3.8) is 0 Å². The number of nitrogens with zero attached hydrogens (tertiary/aromatic N) is 1. The number of amides is 1. The first-order valence-electron chi connectivity index (χ1n) is 11.8. The van der Waals surface area contributed by atoms with Crippen LogP contribution in [0.15, 0.2) is 47.5 Å². The van der Waals surface area contributed by atoms with Crippen LogP contribution in [0.25, 0.3) is 0 Å². The Hall–Kier alpha value is -3.60. The van der Waals surface area contributed by atoms with Gasteiger partial charge in [0.05, 0.1) is 10.8 Å². The number of nitrogens with one attached hydrogen (secondary N) is 1. The lowest BCUT2D eigenvalue weighted by atomic mass is 9.91. The van der Waals surface area contributed by atoms with Crippen LogP contribution in [0.4, 0.5) is 0 Å². The number of rotatable bonds is 7. The predicted octanol–water partition coefficient (Wildman–Crippen LogP) is 2.52. The van der Waals surface area contributed by atoms with Gasteiger partial charge in [0, 0.05) is 6.20 Å². The van der Waals surface area contributed by atoms with E-state index in [1.54, 1.807) is 26.2 Å². The van der Waals surface area contributed by atoms with Gasteiger partial charge in [0.25, 0.3) is 5.91 Å². The lowest BCUT2D eigenvalue weighted by Crippen LogP contribution is -2.47. The van der Waals surface area contributed by atoms with E-state index in [1.807, 2.05) is 30.3 Å². The predicted molar refractivity (Wildman–Crippen MR) is 134 cm³/mol. The summed E-state index contributed by atoms with van der Waals surface area (Å²) in [7, 11) is 0. The first-order chi connectivity index (χ1) is 17.6. The van der Waals surface area contributed by atoms with Gasteiger partial charge in [0.15, 0.2) is 23.6 Å². The fourth-order valence-electron chi connectivity index (χ4n) is 3.74. The minimum Gasteiger partial charge on any atom is -0.504 e. The zero-order chi connectivity index (χ0) is 27.1. The van der Waals surface area contributed by atoms with Crippen molar-refractivity contribution >= 4 is 35.6 Å². The van der Waals surface area contributed by atoms with Crippen LogP contribution >= 0.6 is 11.8 Å². The molecule has 0 saturated carbocycles. The maximum absolute atomic E-state index is 13.2.